The number of hydrogen-bond acceptors (Lipinski definition) is 3. The summed E-state index contributed by atoms with van der Waals surface area (Å²) in [5, 5.41) is 9.49. The largest absolute Gasteiger partial charge is 0 e. The molecule has 122 valence electrons. The fourth-order valence-corrected chi connectivity index (χ4v) is 1.63. The molecule has 0 bridgehead atoms. The maximum atomic E-state index is 11.1. The number of carbonyl (C=O) groups excluding carboxylic acids is 1. The Morgan fingerprint density at radius 2 is 1.68 bits per heavy atom. The van der Waals surface area contributed by atoms with Crippen molar-refractivity contribution in [3.05, 3.63) is 44.3 Å². The number of esters is 1. The summed E-state index contributed by atoms with van der Waals surface area (Å²) in [6.07, 6.45) is 9.02. The normalized spacial score (nSPS) is 17.3. The van der Waals surface area contributed by atoms with E-state index in [0.717, 1.165) is 6.42 Å². The molecule has 0 radical (unpaired) electrons. The first kappa shape index (κ1) is 28.8. The molecule has 6 nitrogen and oxygen atoms in total. The number of hydrogen-bond donors (Lipinski definition) is 1. The molecule has 0 aromatic heterocycles. The van der Waals surface area contributed by atoms with Crippen molar-refractivity contribution in [1.29, 1.82) is 0 Å². The van der Waals surface area contributed by atoms with Gasteiger partial charge in [0.25, 0.3) is 0 Å². The minimum atomic E-state index is -0.396. The summed E-state index contributed by atoms with van der Waals surface area (Å²) in [5.41, 5.74) is 0. The van der Waals surface area contributed by atoms with E-state index in [2.05, 4.69) is 20.0 Å². The molecule has 1 aliphatic rings. The zero-order valence-corrected chi connectivity index (χ0v) is 13.2. The van der Waals surface area contributed by atoms with E-state index in [-0.39, 0.29) is 29.0 Å². The number of aliphatic hydroxyl groups excluding tert-OH is 1. The minimum absolute atomic E-state index is 0. The molecule has 0 unspecified atom stereocenters. The molecule has 0 fully saturated rings. The third-order valence-electron chi connectivity index (χ3n) is 2.40. The molecular weight excluding hydrogens is 332 g/mol. The molecule has 1 rings (SSSR count). The Balaban J connectivity index is -0.000000206. The van der Waals surface area contributed by atoms with Gasteiger partial charge < -0.3 is 9.84 Å². The Labute approximate surface area is 141 Å². The Morgan fingerprint density at radius 3 is 2.18 bits per heavy atom. The average Bonchev–Trinajstić information content (AvgIpc) is 2.76. The van der Waals surface area contributed by atoms with E-state index in [1.807, 2.05) is 18.2 Å². The van der Waals surface area contributed by atoms with Crippen molar-refractivity contribution >= 4 is 5.97 Å². The fourth-order valence-electron chi connectivity index (χ4n) is 1.63. The minimum Gasteiger partial charge on any atom is 0 e. The molecule has 0 spiro atoms. The second-order valence-electron chi connectivity index (χ2n) is 3.68. The Kier molecular flexibility index (Phi) is 32.2. The van der Waals surface area contributed by atoms with Crippen molar-refractivity contribution in [2.45, 2.75) is 32.3 Å². The fraction of sp³-hybridized carbons (Fsp3) is 0.467. The Morgan fingerprint density at radius 1 is 1.18 bits per heavy atom. The molecule has 7 heteroatoms. The monoisotopic (exact) mass is 350 g/mol. The maximum absolute atomic E-state index is 11.1. The van der Waals surface area contributed by atoms with Crippen LogP contribution >= 0.6 is 0 Å². The van der Waals surface area contributed by atoms with Gasteiger partial charge in [-0.25, -0.2) is 0 Å². The van der Waals surface area contributed by atoms with Crippen molar-refractivity contribution < 1.29 is 45.7 Å². The van der Waals surface area contributed by atoms with Gasteiger partial charge >= 0.3 is 39.9 Å². The average molecular weight is 350 g/mol. The van der Waals surface area contributed by atoms with Crippen LogP contribution in [0.25, 0.3) is 0 Å². The maximum Gasteiger partial charge on any atom is 0 e. The third kappa shape index (κ3) is 18.6. The van der Waals surface area contributed by atoms with E-state index in [4.69, 9.17) is 18.7 Å². The summed E-state index contributed by atoms with van der Waals surface area (Å²) in [7, 11) is 0. The van der Waals surface area contributed by atoms with Crippen LogP contribution in [0.2, 0.25) is 0 Å². The number of allylic oxidation sites excluding steroid dienone is 3. The van der Waals surface area contributed by atoms with Crippen LogP contribution in [0.5, 0.6) is 0 Å². The van der Waals surface area contributed by atoms with E-state index >= 15 is 0 Å². The van der Waals surface area contributed by atoms with Gasteiger partial charge in [0.1, 0.15) is 0 Å². The summed E-state index contributed by atoms with van der Waals surface area (Å²) >= 11 is 0. The third-order valence-corrected chi connectivity index (χ3v) is 2.40. The summed E-state index contributed by atoms with van der Waals surface area (Å²) in [6.45, 7) is 15.7. The van der Waals surface area contributed by atoms with Crippen LogP contribution in [-0.4, -0.2) is 23.8 Å². The van der Waals surface area contributed by atoms with Crippen LogP contribution in [0.15, 0.2) is 24.3 Å². The quantitative estimate of drug-likeness (QED) is 0.361. The molecule has 1 N–H and O–H groups in total. The van der Waals surface area contributed by atoms with Gasteiger partial charge in [-0.05, 0) is 25.7 Å². The van der Waals surface area contributed by atoms with E-state index in [0.29, 0.717) is 19.4 Å². The number of carbonyl (C=O) groups is 1. The molecule has 2 atom stereocenters. The van der Waals surface area contributed by atoms with E-state index in [1.54, 1.807) is 13.0 Å². The van der Waals surface area contributed by atoms with Crippen molar-refractivity contribution in [1.82, 2.24) is 0 Å². The molecule has 0 saturated heterocycles. The predicted molar refractivity (Wildman–Crippen MR) is 70.0 cm³/mol. The van der Waals surface area contributed by atoms with Crippen LogP contribution in [0.3, 0.4) is 0 Å². The predicted octanol–water partition coefficient (Wildman–Crippen LogP) is 1.71. The molecule has 1 aliphatic carbocycles. The zero-order chi connectivity index (χ0) is 17.1. The van der Waals surface area contributed by atoms with E-state index in [9.17, 15) is 9.90 Å². The Hall–Kier alpha value is -1.35. The standard InChI is InChI=1S/C12H18O3.3CO.Fe/c1-2-15-12(14)8-7-10-5-3-4-6-11(13)9-10;3*1-2;/h3-6,10-11,13H,2,7-9H2,1H3;;;;/t10-,11+;;;;/m1..../s1. The van der Waals surface area contributed by atoms with Gasteiger partial charge in [-0.1, -0.05) is 24.3 Å². The SMILES string of the molecule is CCOC(=O)CC[C@H]1C=CC=C[C@H](O)C1.[C-]#[O+].[C-]#[O+].[C-]#[O+].[Fe]. The zero-order valence-electron chi connectivity index (χ0n) is 12.1. The first-order valence-electron chi connectivity index (χ1n) is 6.02. The molecule has 0 saturated carbocycles. The first-order valence-corrected chi connectivity index (χ1v) is 6.02. The van der Waals surface area contributed by atoms with Gasteiger partial charge in [-0.2, -0.15) is 0 Å². The summed E-state index contributed by atoms with van der Waals surface area (Å²) < 4.78 is 27.3. The second kappa shape index (κ2) is 24.7. The van der Waals surface area contributed by atoms with Crippen LogP contribution in [-0.2, 0) is 40.6 Å². The first-order chi connectivity index (χ1) is 10.2. The molecule has 0 amide bonds. The molecule has 0 aromatic carbocycles. The topological polar surface area (TPSA) is 106 Å². The van der Waals surface area contributed by atoms with Crippen LogP contribution in [0.1, 0.15) is 26.2 Å². The molecule has 22 heavy (non-hydrogen) atoms. The summed E-state index contributed by atoms with van der Waals surface area (Å²) in [6, 6.07) is 0. The van der Waals surface area contributed by atoms with Crippen molar-refractivity contribution in [2.75, 3.05) is 6.61 Å². The number of ether oxygens (including phenoxy) is 1. The van der Waals surface area contributed by atoms with E-state index in [1.165, 1.54) is 0 Å². The molecule has 0 heterocycles. The van der Waals surface area contributed by atoms with Gasteiger partial charge in [0, 0.05) is 23.5 Å². The van der Waals surface area contributed by atoms with Crippen LogP contribution < -0.4 is 0 Å². The number of rotatable bonds is 4. The smallest absolute Gasteiger partial charge is 0 e. The van der Waals surface area contributed by atoms with Gasteiger partial charge in [-0.3, -0.25) is 4.79 Å². The summed E-state index contributed by atoms with van der Waals surface area (Å²) in [5.74, 6) is 0.108. The Bertz CT molecular complexity index is 356. The van der Waals surface area contributed by atoms with Crippen molar-refractivity contribution in [3.63, 3.8) is 0 Å². The van der Waals surface area contributed by atoms with Gasteiger partial charge in [0.15, 0.2) is 0 Å². The van der Waals surface area contributed by atoms with Gasteiger partial charge in [0.05, 0.1) is 12.7 Å². The molecular formula is C15H18FeO6. The van der Waals surface area contributed by atoms with Gasteiger partial charge in [0.2, 0.25) is 0 Å². The molecule has 0 aliphatic heterocycles. The van der Waals surface area contributed by atoms with E-state index < -0.39 is 6.10 Å². The number of aliphatic hydroxyl groups is 1. The second-order valence-corrected chi connectivity index (χ2v) is 3.68. The van der Waals surface area contributed by atoms with Crippen molar-refractivity contribution in [3.8, 4) is 0 Å². The van der Waals surface area contributed by atoms with Crippen LogP contribution in [0.4, 0.5) is 0 Å². The van der Waals surface area contributed by atoms with Crippen LogP contribution in [0, 0.1) is 25.9 Å². The summed E-state index contributed by atoms with van der Waals surface area (Å²) in [4.78, 5) is 11.1. The molecule has 0 aromatic rings. The van der Waals surface area contributed by atoms with Gasteiger partial charge in [-0.15, -0.1) is 0 Å². The van der Waals surface area contributed by atoms with Crippen molar-refractivity contribution in [2.24, 2.45) is 5.92 Å².